The Bertz CT molecular complexity index is 713. The summed E-state index contributed by atoms with van der Waals surface area (Å²) in [5, 5.41) is 8.77. The van der Waals surface area contributed by atoms with Crippen LogP contribution in [0.4, 0.5) is 0 Å². The van der Waals surface area contributed by atoms with Gasteiger partial charge in [-0.05, 0) is 58.7 Å². The number of rotatable bonds is 6. The van der Waals surface area contributed by atoms with Gasteiger partial charge in [-0.3, -0.25) is 4.79 Å². The molecule has 0 spiro atoms. The van der Waals surface area contributed by atoms with Crippen molar-refractivity contribution in [3.63, 3.8) is 0 Å². The third-order valence-electron chi connectivity index (χ3n) is 2.95. The zero-order valence-electron chi connectivity index (χ0n) is 12.4. The number of carbonyl (C=O) groups excluding carboxylic acids is 1. The SMILES string of the molecule is CCOC(=O)c1cc(Sc2ccc(CC(=O)O)cc2)ccc1Br. The summed E-state index contributed by atoms with van der Waals surface area (Å²) in [4.78, 5) is 24.5. The van der Waals surface area contributed by atoms with Gasteiger partial charge >= 0.3 is 11.9 Å². The number of esters is 1. The Hall–Kier alpha value is -1.79. The van der Waals surface area contributed by atoms with E-state index in [1.54, 1.807) is 25.1 Å². The monoisotopic (exact) mass is 394 g/mol. The summed E-state index contributed by atoms with van der Waals surface area (Å²) in [7, 11) is 0. The second kappa shape index (κ2) is 8.17. The van der Waals surface area contributed by atoms with E-state index in [-0.39, 0.29) is 12.4 Å². The van der Waals surface area contributed by atoms with Gasteiger partial charge < -0.3 is 9.84 Å². The van der Waals surface area contributed by atoms with Crippen molar-refractivity contribution in [2.24, 2.45) is 0 Å². The molecule has 0 atom stereocenters. The van der Waals surface area contributed by atoms with Gasteiger partial charge in [-0.2, -0.15) is 0 Å². The molecule has 2 aromatic carbocycles. The van der Waals surface area contributed by atoms with Crippen molar-refractivity contribution in [2.45, 2.75) is 23.1 Å². The van der Waals surface area contributed by atoms with Crippen molar-refractivity contribution < 1.29 is 19.4 Å². The number of aliphatic carboxylic acids is 1. The topological polar surface area (TPSA) is 63.6 Å². The number of halogens is 1. The maximum atomic E-state index is 11.9. The van der Waals surface area contributed by atoms with Crippen LogP contribution >= 0.6 is 27.7 Å². The van der Waals surface area contributed by atoms with Crippen molar-refractivity contribution >= 4 is 39.6 Å². The van der Waals surface area contributed by atoms with E-state index >= 15 is 0 Å². The highest BCUT2D eigenvalue weighted by atomic mass is 79.9. The Morgan fingerprint density at radius 2 is 1.78 bits per heavy atom. The van der Waals surface area contributed by atoms with Crippen LogP contribution in [-0.2, 0) is 16.0 Å². The Balaban J connectivity index is 2.15. The normalized spacial score (nSPS) is 10.3. The maximum Gasteiger partial charge on any atom is 0.339 e. The summed E-state index contributed by atoms with van der Waals surface area (Å²) in [5.74, 6) is -1.21. The standard InChI is InChI=1S/C17H15BrO4S/c1-2-22-17(21)14-10-13(7-8-15(14)18)23-12-5-3-11(4-6-12)9-16(19)20/h3-8,10H,2,9H2,1H3,(H,19,20). The van der Waals surface area contributed by atoms with Gasteiger partial charge in [0, 0.05) is 14.3 Å². The average molecular weight is 395 g/mol. The summed E-state index contributed by atoms with van der Waals surface area (Å²) >= 11 is 4.85. The Morgan fingerprint density at radius 1 is 1.13 bits per heavy atom. The van der Waals surface area contributed by atoms with E-state index in [0.29, 0.717) is 16.6 Å². The number of carboxylic acid groups (broad SMARTS) is 1. The molecule has 0 saturated carbocycles. The molecule has 6 heteroatoms. The molecule has 0 saturated heterocycles. The molecule has 1 N–H and O–H groups in total. The maximum absolute atomic E-state index is 11.9. The smallest absolute Gasteiger partial charge is 0.339 e. The molecule has 0 heterocycles. The third-order valence-corrected chi connectivity index (χ3v) is 4.64. The van der Waals surface area contributed by atoms with Crippen molar-refractivity contribution in [3.05, 3.63) is 58.1 Å². The first kappa shape index (κ1) is 17.6. The number of hydrogen-bond acceptors (Lipinski definition) is 4. The Kier molecular flexibility index (Phi) is 6.24. The average Bonchev–Trinajstić information content (AvgIpc) is 2.51. The van der Waals surface area contributed by atoms with Gasteiger partial charge in [-0.1, -0.05) is 23.9 Å². The fourth-order valence-corrected chi connectivity index (χ4v) is 3.18. The van der Waals surface area contributed by atoms with Crippen molar-refractivity contribution in [1.82, 2.24) is 0 Å². The zero-order valence-corrected chi connectivity index (χ0v) is 14.8. The largest absolute Gasteiger partial charge is 0.481 e. The highest BCUT2D eigenvalue weighted by Crippen LogP contribution is 2.31. The first-order valence-electron chi connectivity index (χ1n) is 6.95. The van der Waals surface area contributed by atoms with Crippen LogP contribution in [0.2, 0.25) is 0 Å². The second-order valence-electron chi connectivity index (χ2n) is 4.68. The minimum absolute atomic E-state index is 0.0102. The van der Waals surface area contributed by atoms with Crippen molar-refractivity contribution in [3.8, 4) is 0 Å². The van der Waals surface area contributed by atoms with Gasteiger partial charge in [0.05, 0.1) is 18.6 Å². The van der Waals surface area contributed by atoms with Gasteiger partial charge in [0.25, 0.3) is 0 Å². The zero-order chi connectivity index (χ0) is 16.8. The number of carbonyl (C=O) groups is 2. The van der Waals surface area contributed by atoms with E-state index in [4.69, 9.17) is 9.84 Å². The lowest BCUT2D eigenvalue weighted by atomic mass is 10.2. The van der Waals surface area contributed by atoms with Crippen LogP contribution in [0.3, 0.4) is 0 Å². The van der Waals surface area contributed by atoms with E-state index in [9.17, 15) is 9.59 Å². The molecule has 0 radical (unpaired) electrons. The quantitative estimate of drug-likeness (QED) is 0.735. The number of benzene rings is 2. The molecular formula is C17H15BrO4S. The van der Waals surface area contributed by atoms with Gasteiger partial charge in [0.15, 0.2) is 0 Å². The summed E-state index contributed by atoms with van der Waals surface area (Å²) in [6.45, 7) is 2.09. The fraction of sp³-hybridized carbons (Fsp3) is 0.176. The molecule has 2 rings (SSSR count). The molecule has 0 bridgehead atoms. The van der Waals surface area contributed by atoms with E-state index in [1.165, 1.54) is 11.8 Å². The molecule has 120 valence electrons. The predicted molar refractivity (Wildman–Crippen MR) is 92.0 cm³/mol. The van der Waals surface area contributed by atoms with Gasteiger partial charge in [-0.25, -0.2) is 4.79 Å². The Labute approximate surface area is 147 Å². The van der Waals surface area contributed by atoms with Crippen LogP contribution in [0.15, 0.2) is 56.7 Å². The molecule has 0 fully saturated rings. The summed E-state index contributed by atoms with van der Waals surface area (Å²) < 4.78 is 5.72. The lowest BCUT2D eigenvalue weighted by Crippen LogP contribution is -2.05. The number of ether oxygens (including phenoxy) is 1. The minimum atomic E-state index is -0.850. The van der Waals surface area contributed by atoms with Crippen LogP contribution in [0.1, 0.15) is 22.8 Å². The summed E-state index contributed by atoms with van der Waals surface area (Å²) in [5.41, 5.74) is 1.24. The van der Waals surface area contributed by atoms with Crippen LogP contribution in [0, 0.1) is 0 Å². The highest BCUT2D eigenvalue weighted by Gasteiger charge is 2.12. The molecule has 0 amide bonds. The predicted octanol–water partition coefficient (Wildman–Crippen LogP) is 4.40. The van der Waals surface area contributed by atoms with Crippen LogP contribution in [0.25, 0.3) is 0 Å². The Morgan fingerprint density at radius 3 is 2.39 bits per heavy atom. The molecule has 0 aromatic heterocycles. The molecule has 0 aliphatic heterocycles. The van der Waals surface area contributed by atoms with Crippen LogP contribution < -0.4 is 0 Å². The van der Waals surface area contributed by atoms with Crippen LogP contribution in [0.5, 0.6) is 0 Å². The molecule has 2 aromatic rings. The van der Waals surface area contributed by atoms with E-state index in [1.807, 2.05) is 24.3 Å². The first-order valence-corrected chi connectivity index (χ1v) is 8.55. The molecule has 4 nitrogen and oxygen atoms in total. The highest BCUT2D eigenvalue weighted by molar-refractivity contribution is 9.10. The lowest BCUT2D eigenvalue weighted by Gasteiger charge is -2.08. The van der Waals surface area contributed by atoms with Gasteiger partial charge in [-0.15, -0.1) is 0 Å². The second-order valence-corrected chi connectivity index (χ2v) is 6.68. The van der Waals surface area contributed by atoms with Crippen LogP contribution in [-0.4, -0.2) is 23.7 Å². The van der Waals surface area contributed by atoms with E-state index in [2.05, 4.69) is 15.9 Å². The summed E-state index contributed by atoms with van der Waals surface area (Å²) in [6, 6.07) is 12.8. The fourth-order valence-electron chi connectivity index (χ4n) is 1.92. The third kappa shape index (κ3) is 5.11. The first-order chi connectivity index (χ1) is 11.0. The van der Waals surface area contributed by atoms with Crippen molar-refractivity contribution in [1.29, 1.82) is 0 Å². The number of hydrogen-bond donors (Lipinski definition) is 1. The molecular weight excluding hydrogens is 380 g/mol. The van der Waals surface area contributed by atoms with Gasteiger partial charge in [0.1, 0.15) is 0 Å². The summed E-state index contributed by atoms with van der Waals surface area (Å²) in [6.07, 6.45) is 0.0102. The van der Waals surface area contributed by atoms with E-state index < -0.39 is 5.97 Å². The molecule has 0 aliphatic rings. The molecule has 23 heavy (non-hydrogen) atoms. The van der Waals surface area contributed by atoms with E-state index in [0.717, 1.165) is 15.4 Å². The molecule has 0 aliphatic carbocycles. The lowest BCUT2D eigenvalue weighted by molar-refractivity contribution is -0.136. The van der Waals surface area contributed by atoms with Crippen molar-refractivity contribution in [2.75, 3.05) is 6.61 Å². The van der Waals surface area contributed by atoms with Gasteiger partial charge in [0.2, 0.25) is 0 Å². The minimum Gasteiger partial charge on any atom is -0.481 e. The molecule has 0 unspecified atom stereocenters. The number of carboxylic acids is 1.